The van der Waals surface area contributed by atoms with Crippen molar-refractivity contribution in [1.82, 2.24) is 4.98 Å². The first-order valence-corrected chi connectivity index (χ1v) is 6.19. The number of rotatable bonds is 2. The van der Waals surface area contributed by atoms with Crippen LogP contribution >= 0.6 is 0 Å². The van der Waals surface area contributed by atoms with Crippen LogP contribution in [0.4, 0.5) is 0 Å². The van der Waals surface area contributed by atoms with Gasteiger partial charge in [0.25, 0.3) is 0 Å². The van der Waals surface area contributed by atoms with Gasteiger partial charge in [-0.15, -0.1) is 0 Å². The summed E-state index contributed by atoms with van der Waals surface area (Å²) in [6.07, 6.45) is 6.91. The van der Waals surface area contributed by atoms with Crippen LogP contribution in [-0.4, -0.2) is 11.1 Å². The summed E-state index contributed by atoms with van der Waals surface area (Å²) >= 11 is 0. The Kier molecular flexibility index (Phi) is 3.63. The van der Waals surface area contributed by atoms with Crippen molar-refractivity contribution in [1.29, 1.82) is 5.26 Å². The number of hydrogen-bond donors (Lipinski definition) is 0. The zero-order chi connectivity index (χ0) is 12.3. The molecule has 2 unspecified atom stereocenters. The van der Waals surface area contributed by atoms with Crippen LogP contribution < -0.4 is 4.74 Å². The second kappa shape index (κ2) is 5.18. The zero-order valence-electron chi connectivity index (χ0n) is 10.4. The summed E-state index contributed by atoms with van der Waals surface area (Å²) in [5, 5.41) is 8.99. The van der Waals surface area contributed by atoms with E-state index in [0.717, 1.165) is 12.8 Å². The van der Waals surface area contributed by atoms with E-state index in [0.29, 0.717) is 23.1 Å². The average molecular weight is 230 g/mol. The predicted molar refractivity (Wildman–Crippen MR) is 65.5 cm³/mol. The van der Waals surface area contributed by atoms with Crippen molar-refractivity contribution in [3.63, 3.8) is 0 Å². The van der Waals surface area contributed by atoms with Crippen molar-refractivity contribution in [3.8, 4) is 11.8 Å². The molecule has 3 nitrogen and oxygen atoms in total. The molecule has 17 heavy (non-hydrogen) atoms. The normalized spacial score (nSPS) is 28.4. The highest BCUT2D eigenvalue weighted by atomic mass is 16.5. The molecule has 3 heteroatoms. The van der Waals surface area contributed by atoms with E-state index in [2.05, 4.69) is 24.9 Å². The van der Waals surface area contributed by atoms with Crippen LogP contribution in [-0.2, 0) is 0 Å². The largest absolute Gasteiger partial charge is 0.487 e. The van der Waals surface area contributed by atoms with Gasteiger partial charge in [-0.1, -0.05) is 13.8 Å². The number of ether oxygens (including phenoxy) is 1. The minimum Gasteiger partial charge on any atom is -0.487 e. The van der Waals surface area contributed by atoms with Crippen molar-refractivity contribution in [3.05, 3.63) is 24.0 Å². The first-order chi connectivity index (χ1) is 8.19. The summed E-state index contributed by atoms with van der Waals surface area (Å²) < 4.78 is 5.93. The third-order valence-corrected chi connectivity index (χ3v) is 3.33. The highest BCUT2D eigenvalue weighted by Gasteiger charge is 2.25. The van der Waals surface area contributed by atoms with E-state index in [4.69, 9.17) is 10.00 Å². The number of nitrogens with zero attached hydrogens (tertiary/aromatic N) is 2. The lowest BCUT2D eigenvalue weighted by Gasteiger charge is -2.31. The summed E-state index contributed by atoms with van der Waals surface area (Å²) in [5.74, 6) is 2.03. The summed E-state index contributed by atoms with van der Waals surface area (Å²) in [7, 11) is 0. The molecule has 2 atom stereocenters. The molecular formula is C14H18N2O. The Hall–Kier alpha value is -1.56. The fourth-order valence-corrected chi connectivity index (χ4v) is 2.72. The molecule has 2 rings (SSSR count). The molecule has 0 aliphatic heterocycles. The minimum absolute atomic E-state index is 0.227. The van der Waals surface area contributed by atoms with Gasteiger partial charge in [0, 0.05) is 6.20 Å². The molecule has 0 radical (unpaired) electrons. The highest BCUT2D eigenvalue weighted by molar-refractivity contribution is 5.40. The molecule has 0 saturated heterocycles. The summed E-state index contributed by atoms with van der Waals surface area (Å²) in [6.45, 7) is 4.53. The molecule has 1 fully saturated rings. The molecule has 0 spiro atoms. The Balaban J connectivity index is 2.08. The molecule has 1 saturated carbocycles. The lowest BCUT2D eigenvalue weighted by atomic mass is 9.82. The van der Waals surface area contributed by atoms with Crippen LogP contribution in [0.5, 0.6) is 5.75 Å². The topological polar surface area (TPSA) is 45.9 Å². The number of aromatic nitrogens is 1. The lowest BCUT2D eigenvalue weighted by Crippen LogP contribution is -2.28. The first kappa shape index (κ1) is 11.9. The number of nitriles is 1. The maximum absolute atomic E-state index is 8.99. The predicted octanol–water partition coefficient (Wildman–Crippen LogP) is 3.16. The standard InChI is InChI=1S/C14H18N2O/c1-10-5-11(2)7-13(6-10)17-14-9-16-4-3-12(14)8-15/h3-4,9-11,13H,5-7H2,1-2H3. The molecule has 1 aliphatic carbocycles. The van der Waals surface area contributed by atoms with Gasteiger partial charge in [0.1, 0.15) is 6.07 Å². The fraction of sp³-hybridized carbons (Fsp3) is 0.571. The van der Waals surface area contributed by atoms with Crippen molar-refractivity contribution in [2.24, 2.45) is 11.8 Å². The van der Waals surface area contributed by atoms with E-state index in [1.807, 2.05) is 0 Å². The first-order valence-electron chi connectivity index (χ1n) is 6.19. The van der Waals surface area contributed by atoms with E-state index >= 15 is 0 Å². The van der Waals surface area contributed by atoms with Gasteiger partial charge in [-0.05, 0) is 37.2 Å². The molecule has 1 heterocycles. The van der Waals surface area contributed by atoms with Gasteiger partial charge >= 0.3 is 0 Å². The number of pyridine rings is 1. The summed E-state index contributed by atoms with van der Waals surface area (Å²) in [6, 6.07) is 3.84. The van der Waals surface area contributed by atoms with Gasteiger partial charge in [0.15, 0.2) is 5.75 Å². The van der Waals surface area contributed by atoms with Crippen LogP contribution in [0.15, 0.2) is 18.5 Å². The van der Waals surface area contributed by atoms with Crippen LogP contribution in [0.25, 0.3) is 0 Å². The maximum atomic E-state index is 8.99. The third-order valence-electron chi connectivity index (χ3n) is 3.33. The van der Waals surface area contributed by atoms with Crippen LogP contribution in [0, 0.1) is 23.2 Å². The lowest BCUT2D eigenvalue weighted by molar-refractivity contribution is 0.100. The fourth-order valence-electron chi connectivity index (χ4n) is 2.72. The molecule has 0 aromatic carbocycles. The molecule has 0 amide bonds. The maximum Gasteiger partial charge on any atom is 0.155 e. The second-order valence-corrected chi connectivity index (χ2v) is 5.14. The highest BCUT2D eigenvalue weighted by Crippen LogP contribution is 2.31. The van der Waals surface area contributed by atoms with Gasteiger partial charge in [0.05, 0.1) is 17.9 Å². The van der Waals surface area contributed by atoms with E-state index in [1.54, 1.807) is 18.5 Å². The molecule has 1 aliphatic rings. The summed E-state index contributed by atoms with van der Waals surface area (Å²) in [5.41, 5.74) is 0.575. The van der Waals surface area contributed by atoms with Gasteiger partial charge < -0.3 is 4.74 Å². The van der Waals surface area contributed by atoms with Crippen LogP contribution in [0.2, 0.25) is 0 Å². The van der Waals surface area contributed by atoms with E-state index in [-0.39, 0.29) is 6.10 Å². The van der Waals surface area contributed by atoms with Crippen LogP contribution in [0.1, 0.15) is 38.7 Å². The number of hydrogen-bond acceptors (Lipinski definition) is 3. The monoisotopic (exact) mass is 230 g/mol. The summed E-state index contributed by atoms with van der Waals surface area (Å²) in [4.78, 5) is 4.02. The molecular weight excluding hydrogens is 212 g/mol. The molecule has 1 aromatic rings. The zero-order valence-corrected chi connectivity index (χ0v) is 10.4. The van der Waals surface area contributed by atoms with Gasteiger partial charge in [0.2, 0.25) is 0 Å². The van der Waals surface area contributed by atoms with Gasteiger partial charge in [-0.2, -0.15) is 5.26 Å². The Morgan fingerprint density at radius 3 is 2.65 bits per heavy atom. The van der Waals surface area contributed by atoms with Crippen molar-refractivity contribution in [2.75, 3.05) is 0 Å². The van der Waals surface area contributed by atoms with E-state index in [1.165, 1.54) is 6.42 Å². The Morgan fingerprint density at radius 1 is 1.29 bits per heavy atom. The second-order valence-electron chi connectivity index (χ2n) is 5.14. The van der Waals surface area contributed by atoms with Crippen molar-refractivity contribution in [2.45, 2.75) is 39.2 Å². The molecule has 0 N–H and O–H groups in total. The Morgan fingerprint density at radius 2 is 2.00 bits per heavy atom. The minimum atomic E-state index is 0.227. The van der Waals surface area contributed by atoms with E-state index in [9.17, 15) is 0 Å². The van der Waals surface area contributed by atoms with Crippen LogP contribution in [0.3, 0.4) is 0 Å². The van der Waals surface area contributed by atoms with Gasteiger partial charge in [-0.25, -0.2) is 0 Å². The molecule has 0 bridgehead atoms. The van der Waals surface area contributed by atoms with Crippen molar-refractivity contribution < 1.29 is 4.74 Å². The van der Waals surface area contributed by atoms with E-state index < -0.39 is 0 Å². The smallest absolute Gasteiger partial charge is 0.155 e. The quantitative estimate of drug-likeness (QED) is 0.784. The molecule has 1 aromatic heterocycles. The van der Waals surface area contributed by atoms with Gasteiger partial charge in [-0.3, -0.25) is 4.98 Å². The molecule has 90 valence electrons. The van der Waals surface area contributed by atoms with Crippen molar-refractivity contribution >= 4 is 0 Å². The Bertz CT molecular complexity index is 414. The average Bonchev–Trinajstić information content (AvgIpc) is 2.28. The SMILES string of the molecule is CC1CC(C)CC(Oc2cnccc2C#N)C1. The third kappa shape index (κ3) is 2.97. The Labute approximate surface area is 102 Å².